The van der Waals surface area contributed by atoms with Gasteiger partial charge in [-0.3, -0.25) is 0 Å². The summed E-state index contributed by atoms with van der Waals surface area (Å²) in [7, 11) is 1.56. The Bertz CT molecular complexity index is 1170. The van der Waals surface area contributed by atoms with Crippen LogP contribution < -0.4 is 14.4 Å². The second kappa shape index (κ2) is 9.71. The van der Waals surface area contributed by atoms with Gasteiger partial charge in [-0.1, -0.05) is 36.4 Å². The number of halogens is 6. The first-order valence-electron chi connectivity index (χ1n) is 11.0. The highest BCUT2D eigenvalue weighted by Gasteiger charge is 2.35. The zero-order valence-corrected chi connectivity index (χ0v) is 18.8. The minimum absolute atomic E-state index is 0.326. The zero-order chi connectivity index (χ0) is 25.2. The minimum atomic E-state index is -4.86. The summed E-state index contributed by atoms with van der Waals surface area (Å²) >= 11 is 0. The highest BCUT2D eigenvalue weighted by Crippen LogP contribution is 2.44. The number of benzene rings is 3. The Balaban J connectivity index is 1.75. The number of rotatable bonds is 6. The molecule has 1 heterocycles. The van der Waals surface area contributed by atoms with E-state index in [1.807, 2.05) is 24.3 Å². The third-order valence-electron chi connectivity index (χ3n) is 6.00. The van der Waals surface area contributed by atoms with Gasteiger partial charge in [-0.15, -0.1) is 13.2 Å². The van der Waals surface area contributed by atoms with Gasteiger partial charge in [-0.05, 0) is 65.4 Å². The van der Waals surface area contributed by atoms with Gasteiger partial charge < -0.3 is 14.4 Å². The van der Waals surface area contributed by atoms with Crippen molar-refractivity contribution < 1.29 is 35.8 Å². The number of hydrogen-bond acceptors (Lipinski definition) is 3. The van der Waals surface area contributed by atoms with E-state index in [1.165, 1.54) is 18.2 Å². The molecular weight excluding hydrogens is 472 g/mol. The number of hydrogen-bond donors (Lipinski definition) is 0. The second-order valence-electron chi connectivity index (χ2n) is 8.27. The lowest BCUT2D eigenvalue weighted by Gasteiger charge is -2.40. The van der Waals surface area contributed by atoms with E-state index in [2.05, 4.69) is 4.74 Å². The first kappa shape index (κ1) is 24.8. The van der Waals surface area contributed by atoms with Crippen LogP contribution >= 0.6 is 0 Å². The van der Waals surface area contributed by atoms with Crippen molar-refractivity contribution >= 4 is 5.69 Å². The Morgan fingerprint density at radius 1 is 0.886 bits per heavy atom. The first-order valence-corrected chi connectivity index (χ1v) is 11.0. The summed E-state index contributed by atoms with van der Waals surface area (Å²) in [4.78, 5) is 1.64. The van der Waals surface area contributed by atoms with Crippen molar-refractivity contribution in [2.45, 2.75) is 37.8 Å². The molecule has 0 saturated heterocycles. The Morgan fingerprint density at radius 2 is 1.60 bits per heavy atom. The van der Waals surface area contributed by atoms with E-state index in [0.717, 1.165) is 16.7 Å². The van der Waals surface area contributed by atoms with E-state index < -0.39 is 30.8 Å². The van der Waals surface area contributed by atoms with Crippen molar-refractivity contribution in [1.82, 2.24) is 0 Å². The summed E-state index contributed by atoms with van der Waals surface area (Å²) in [5.74, 6) is 0.255. The van der Waals surface area contributed by atoms with Crippen LogP contribution in [-0.4, -0.2) is 26.2 Å². The lowest BCUT2D eigenvalue weighted by molar-refractivity contribution is -0.274. The molecule has 0 radical (unpaired) electrons. The summed E-state index contributed by atoms with van der Waals surface area (Å²) in [6.45, 7) is -0.326. The van der Waals surface area contributed by atoms with E-state index >= 15 is 0 Å². The molecule has 0 amide bonds. The van der Waals surface area contributed by atoms with Crippen LogP contribution in [0, 0.1) is 0 Å². The van der Waals surface area contributed by atoms with Gasteiger partial charge in [0.1, 0.15) is 11.5 Å². The molecule has 3 nitrogen and oxygen atoms in total. The van der Waals surface area contributed by atoms with Gasteiger partial charge in [0.05, 0.1) is 19.6 Å². The number of nitrogens with zero attached hydrogens (tertiary/aromatic N) is 1. The second-order valence-corrected chi connectivity index (χ2v) is 8.27. The molecule has 0 spiro atoms. The van der Waals surface area contributed by atoms with Crippen LogP contribution in [0.2, 0.25) is 0 Å². The van der Waals surface area contributed by atoms with Crippen LogP contribution in [0.15, 0.2) is 66.7 Å². The standard InChI is InChI=1S/C26H23F6NO2/c1-34-19-7-2-5-17(15-19)21-9-4-10-24-22(21)11-12-23(33(24)14-13-25(27,28)29)18-6-3-8-20(16-18)35-26(30,31)32/h2-10,15-16,23H,11-14H2,1H3/t23-/m0/s1. The maximum absolute atomic E-state index is 13.2. The number of ether oxygens (including phenoxy) is 2. The molecule has 0 bridgehead atoms. The maximum Gasteiger partial charge on any atom is 0.573 e. The highest BCUT2D eigenvalue weighted by molar-refractivity contribution is 5.76. The molecule has 0 N–H and O–H groups in total. The largest absolute Gasteiger partial charge is 0.573 e. The molecule has 1 atom stereocenters. The number of methoxy groups -OCH3 is 1. The fourth-order valence-electron chi connectivity index (χ4n) is 4.56. The molecule has 186 valence electrons. The van der Waals surface area contributed by atoms with E-state index in [4.69, 9.17) is 4.74 Å². The third-order valence-corrected chi connectivity index (χ3v) is 6.00. The first-order chi connectivity index (χ1) is 16.5. The SMILES string of the molecule is COc1cccc(-c2cccc3c2CC[C@@H](c2cccc(OC(F)(F)F)c2)N3CCC(F)(F)F)c1. The van der Waals surface area contributed by atoms with Crippen LogP contribution in [-0.2, 0) is 6.42 Å². The van der Waals surface area contributed by atoms with Crippen LogP contribution in [0.1, 0.15) is 30.0 Å². The molecule has 0 saturated carbocycles. The fraction of sp³-hybridized carbons (Fsp3) is 0.308. The molecule has 1 aliphatic rings. The molecule has 0 aromatic heterocycles. The van der Waals surface area contributed by atoms with Crippen LogP contribution in [0.25, 0.3) is 11.1 Å². The van der Waals surface area contributed by atoms with Crippen molar-refractivity contribution in [2.75, 3.05) is 18.6 Å². The molecule has 0 unspecified atom stereocenters. The molecule has 0 fully saturated rings. The van der Waals surface area contributed by atoms with E-state index in [-0.39, 0.29) is 6.54 Å². The van der Waals surface area contributed by atoms with Gasteiger partial charge in [0, 0.05) is 12.2 Å². The molecular formula is C26H23F6NO2. The Kier molecular flexibility index (Phi) is 6.87. The molecule has 3 aromatic rings. The monoisotopic (exact) mass is 495 g/mol. The quantitative estimate of drug-likeness (QED) is 0.327. The molecule has 3 aromatic carbocycles. The van der Waals surface area contributed by atoms with Gasteiger partial charge in [-0.25, -0.2) is 0 Å². The predicted molar refractivity (Wildman–Crippen MR) is 121 cm³/mol. The molecule has 1 aliphatic heterocycles. The number of alkyl halides is 6. The lowest BCUT2D eigenvalue weighted by Crippen LogP contribution is -2.36. The molecule has 0 aliphatic carbocycles. The Morgan fingerprint density at radius 3 is 2.31 bits per heavy atom. The van der Waals surface area contributed by atoms with Gasteiger partial charge >= 0.3 is 12.5 Å². The summed E-state index contributed by atoms with van der Waals surface area (Å²) < 4.78 is 87.2. The van der Waals surface area contributed by atoms with Crippen molar-refractivity contribution in [1.29, 1.82) is 0 Å². The average Bonchev–Trinajstić information content (AvgIpc) is 2.80. The minimum Gasteiger partial charge on any atom is -0.497 e. The Hall–Kier alpha value is -3.36. The lowest BCUT2D eigenvalue weighted by atomic mass is 9.86. The van der Waals surface area contributed by atoms with Crippen LogP contribution in [0.5, 0.6) is 11.5 Å². The smallest absolute Gasteiger partial charge is 0.497 e. The molecule has 35 heavy (non-hydrogen) atoms. The fourth-order valence-corrected chi connectivity index (χ4v) is 4.56. The Labute approximate surface area is 198 Å². The highest BCUT2D eigenvalue weighted by atomic mass is 19.4. The number of fused-ring (bicyclic) bond motifs is 1. The summed E-state index contributed by atoms with van der Waals surface area (Å²) in [6, 6.07) is 17.8. The van der Waals surface area contributed by atoms with E-state index in [1.54, 1.807) is 36.3 Å². The van der Waals surface area contributed by atoms with Crippen molar-refractivity contribution in [3.05, 3.63) is 77.9 Å². The topological polar surface area (TPSA) is 21.7 Å². The maximum atomic E-state index is 13.2. The zero-order valence-electron chi connectivity index (χ0n) is 18.8. The van der Waals surface area contributed by atoms with Gasteiger partial charge in [0.25, 0.3) is 0 Å². The molecule has 9 heteroatoms. The van der Waals surface area contributed by atoms with Crippen molar-refractivity contribution in [2.24, 2.45) is 0 Å². The normalized spacial score (nSPS) is 16.1. The average molecular weight is 495 g/mol. The summed E-state index contributed by atoms with van der Waals surface area (Å²) in [6.07, 6.45) is -9.32. The summed E-state index contributed by atoms with van der Waals surface area (Å²) in [5, 5.41) is 0. The van der Waals surface area contributed by atoms with Gasteiger partial charge in [-0.2, -0.15) is 13.2 Å². The van der Waals surface area contributed by atoms with E-state index in [0.29, 0.717) is 29.8 Å². The van der Waals surface area contributed by atoms with Crippen LogP contribution in [0.3, 0.4) is 0 Å². The van der Waals surface area contributed by atoms with Crippen LogP contribution in [0.4, 0.5) is 32.0 Å². The van der Waals surface area contributed by atoms with E-state index in [9.17, 15) is 26.3 Å². The van der Waals surface area contributed by atoms with Gasteiger partial charge in [0.15, 0.2) is 0 Å². The number of anilines is 1. The predicted octanol–water partition coefficient (Wildman–Crippen LogP) is 7.71. The molecule has 4 rings (SSSR count). The third kappa shape index (κ3) is 6.01. The van der Waals surface area contributed by atoms with Crippen molar-refractivity contribution in [3.63, 3.8) is 0 Å². The summed E-state index contributed by atoms with van der Waals surface area (Å²) in [5.41, 5.74) is 3.74. The van der Waals surface area contributed by atoms with Gasteiger partial charge in [0.2, 0.25) is 0 Å². The van der Waals surface area contributed by atoms with Crippen molar-refractivity contribution in [3.8, 4) is 22.6 Å².